The predicted octanol–water partition coefficient (Wildman–Crippen LogP) is 3.16. The van der Waals surface area contributed by atoms with Crippen molar-refractivity contribution in [1.82, 2.24) is 4.90 Å². The number of hydrogen-bond donors (Lipinski definition) is 1. The number of carboxylic acids is 1. The van der Waals surface area contributed by atoms with Crippen molar-refractivity contribution >= 4 is 5.97 Å². The van der Waals surface area contributed by atoms with Gasteiger partial charge >= 0.3 is 12.1 Å². The monoisotopic (exact) mass is 275 g/mol. The Labute approximate surface area is 109 Å². The lowest BCUT2D eigenvalue weighted by molar-refractivity contribution is -0.147. The third kappa shape index (κ3) is 5.74. The maximum atomic E-state index is 12.4. The molecule has 0 atom stereocenters. The molecule has 0 saturated carbocycles. The molecule has 0 spiro atoms. The van der Waals surface area contributed by atoms with Gasteiger partial charge < -0.3 is 5.11 Å². The van der Waals surface area contributed by atoms with Gasteiger partial charge in [-0.25, -0.2) is 4.79 Å². The summed E-state index contributed by atoms with van der Waals surface area (Å²) >= 11 is 0. The quantitative estimate of drug-likeness (QED) is 0.867. The van der Waals surface area contributed by atoms with E-state index in [-0.39, 0.29) is 12.1 Å². The smallest absolute Gasteiger partial charge is 0.401 e. The number of aromatic carboxylic acids is 1. The third-order valence-electron chi connectivity index (χ3n) is 2.52. The third-order valence-corrected chi connectivity index (χ3v) is 2.52. The van der Waals surface area contributed by atoms with E-state index >= 15 is 0 Å². The number of nitrogens with zero attached hydrogens (tertiary/aromatic N) is 1. The van der Waals surface area contributed by atoms with Gasteiger partial charge in [0.15, 0.2) is 0 Å². The summed E-state index contributed by atoms with van der Waals surface area (Å²) in [7, 11) is 0. The largest absolute Gasteiger partial charge is 0.478 e. The molecule has 0 aliphatic rings. The Morgan fingerprint density at radius 2 is 2.05 bits per heavy atom. The number of rotatable bonds is 6. The van der Waals surface area contributed by atoms with Gasteiger partial charge in [-0.1, -0.05) is 19.1 Å². The zero-order chi connectivity index (χ0) is 14.5. The highest BCUT2D eigenvalue weighted by Crippen LogP contribution is 2.18. The van der Waals surface area contributed by atoms with Crippen molar-refractivity contribution in [3.05, 3.63) is 35.4 Å². The molecule has 3 nitrogen and oxygen atoms in total. The van der Waals surface area contributed by atoms with Crippen LogP contribution in [0.15, 0.2) is 24.3 Å². The highest BCUT2D eigenvalue weighted by Gasteiger charge is 2.30. The number of alkyl halides is 3. The van der Waals surface area contributed by atoms with Crippen LogP contribution in [-0.4, -0.2) is 35.2 Å². The number of carboxylic acid groups (broad SMARTS) is 1. The first-order valence-electron chi connectivity index (χ1n) is 5.93. The van der Waals surface area contributed by atoms with E-state index in [1.807, 2.05) is 0 Å². The van der Waals surface area contributed by atoms with Crippen LogP contribution in [0.3, 0.4) is 0 Å². The number of hydrogen-bond acceptors (Lipinski definition) is 2. The summed E-state index contributed by atoms with van der Waals surface area (Å²) in [6, 6.07) is 5.99. The second-order valence-electron chi connectivity index (χ2n) is 4.33. The average molecular weight is 275 g/mol. The Hall–Kier alpha value is -1.56. The topological polar surface area (TPSA) is 40.5 Å². The van der Waals surface area contributed by atoms with Crippen LogP contribution in [-0.2, 0) is 6.54 Å². The molecule has 0 aromatic heterocycles. The maximum absolute atomic E-state index is 12.4. The lowest BCUT2D eigenvalue weighted by Gasteiger charge is -2.23. The van der Waals surface area contributed by atoms with E-state index in [1.165, 1.54) is 23.1 Å². The van der Waals surface area contributed by atoms with Gasteiger partial charge in [0.2, 0.25) is 0 Å². The molecule has 0 unspecified atom stereocenters. The zero-order valence-corrected chi connectivity index (χ0v) is 10.6. The molecular formula is C13H16F3NO2. The molecule has 0 radical (unpaired) electrons. The second-order valence-corrected chi connectivity index (χ2v) is 4.33. The summed E-state index contributed by atoms with van der Waals surface area (Å²) in [5.41, 5.74) is 0.651. The van der Waals surface area contributed by atoms with E-state index in [9.17, 15) is 18.0 Å². The average Bonchev–Trinajstić information content (AvgIpc) is 2.27. The number of carbonyl (C=O) groups is 1. The van der Waals surface area contributed by atoms with Crippen molar-refractivity contribution in [2.24, 2.45) is 0 Å². The SMILES string of the molecule is CCCN(Cc1cccc(C(=O)O)c1)CC(F)(F)F. The minimum Gasteiger partial charge on any atom is -0.478 e. The van der Waals surface area contributed by atoms with Crippen LogP contribution in [0.2, 0.25) is 0 Å². The fraction of sp³-hybridized carbons (Fsp3) is 0.462. The molecule has 6 heteroatoms. The Balaban J connectivity index is 2.78. The van der Waals surface area contributed by atoms with Gasteiger partial charge in [0.05, 0.1) is 12.1 Å². The van der Waals surface area contributed by atoms with Crippen molar-refractivity contribution in [2.45, 2.75) is 26.1 Å². The normalized spacial score (nSPS) is 11.8. The van der Waals surface area contributed by atoms with Gasteiger partial charge in [0.25, 0.3) is 0 Å². The van der Waals surface area contributed by atoms with E-state index in [2.05, 4.69) is 0 Å². The lowest BCUT2D eigenvalue weighted by Crippen LogP contribution is -2.34. The standard InChI is InChI=1S/C13H16F3NO2/c1-2-6-17(9-13(14,15)16)8-10-4-3-5-11(7-10)12(18)19/h3-5,7H,2,6,8-9H2,1H3,(H,18,19). The molecule has 1 N–H and O–H groups in total. The van der Waals surface area contributed by atoms with Gasteiger partial charge in [-0.3, -0.25) is 4.90 Å². The summed E-state index contributed by atoms with van der Waals surface area (Å²) in [5.74, 6) is -1.08. The van der Waals surface area contributed by atoms with E-state index < -0.39 is 18.7 Å². The fourth-order valence-electron chi connectivity index (χ4n) is 1.84. The molecule has 0 aliphatic carbocycles. The predicted molar refractivity (Wildman–Crippen MR) is 65.0 cm³/mol. The first-order chi connectivity index (χ1) is 8.81. The Morgan fingerprint density at radius 1 is 1.37 bits per heavy atom. The van der Waals surface area contributed by atoms with E-state index in [4.69, 9.17) is 5.11 Å². The van der Waals surface area contributed by atoms with E-state index in [1.54, 1.807) is 13.0 Å². The van der Waals surface area contributed by atoms with Crippen LogP contribution in [0, 0.1) is 0 Å². The number of benzene rings is 1. The zero-order valence-electron chi connectivity index (χ0n) is 10.6. The highest BCUT2D eigenvalue weighted by molar-refractivity contribution is 5.87. The van der Waals surface area contributed by atoms with Gasteiger partial charge in [0.1, 0.15) is 0 Å². The number of halogens is 3. The minimum absolute atomic E-state index is 0.0842. The first kappa shape index (κ1) is 15.5. The van der Waals surface area contributed by atoms with Crippen molar-refractivity contribution in [2.75, 3.05) is 13.1 Å². The van der Waals surface area contributed by atoms with Gasteiger partial charge in [-0.15, -0.1) is 0 Å². The molecule has 0 bridgehead atoms. The molecule has 19 heavy (non-hydrogen) atoms. The Kier molecular flexibility index (Phi) is 5.35. The molecule has 106 valence electrons. The van der Waals surface area contributed by atoms with Crippen LogP contribution in [0.4, 0.5) is 13.2 Å². The van der Waals surface area contributed by atoms with E-state index in [0.29, 0.717) is 18.5 Å². The van der Waals surface area contributed by atoms with Crippen LogP contribution in [0.1, 0.15) is 29.3 Å². The maximum Gasteiger partial charge on any atom is 0.401 e. The highest BCUT2D eigenvalue weighted by atomic mass is 19.4. The second kappa shape index (κ2) is 6.56. The Bertz CT molecular complexity index is 432. The lowest BCUT2D eigenvalue weighted by atomic mass is 10.1. The van der Waals surface area contributed by atoms with Crippen LogP contribution in [0.25, 0.3) is 0 Å². The summed E-state index contributed by atoms with van der Waals surface area (Å²) < 4.78 is 37.2. The fourth-order valence-corrected chi connectivity index (χ4v) is 1.84. The molecule has 0 fully saturated rings. The van der Waals surface area contributed by atoms with Crippen molar-refractivity contribution < 1.29 is 23.1 Å². The van der Waals surface area contributed by atoms with Crippen molar-refractivity contribution in [3.8, 4) is 0 Å². The molecule has 1 aromatic carbocycles. The Morgan fingerprint density at radius 3 is 2.58 bits per heavy atom. The minimum atomic E-state index is -4.25. The summed E-state index contributed by atoms with van der Waals surface area (Å²) in [5, 5.41) is 8.84. The van der Waals surface area contributed by atoms with Gasteiger partial charge in [-0.2, -0.15) is 13.2 Å². The first-order valence-corrected chi connectivity index (χ1v) is 5.93. The molecular weight excluding hydrogens is 259 g/mol. The molecule has 0 amide bonds. The molecule has 0 aliphatic heterocycles. The van der Waals surface area contributed by atoms with Crippen LogP contribution in [0.5, 0.6) is 0 Å². The van der Waals surface area contributed by atoms with Gasteiger partial charge in [-0.05, 0) is 30.7 Å². The van der Waals surface area contributed by atoms with Gasteiger partial charge in [0, 0.05) is 6.54 Å². The summed E-state index contributed by atoms with van der Waals surface area (Å²) in [6.45, 7) is 1.22. The molecule has 0 saturated heterocycles. The van der Waals surface area contributed by atoms with Crippen molar-refractivity contribution in [1.29, 1.82) is 0 Å². The van der Waals surface area contributed by atoms with Crippen LogP contribution >= 0.6 is 0 Å². The molecule has 1 aromatic rings. The van der Waals surface area contributed by atoms with Crippen molar-refractivity contribution in [3.63, 3.8) is 0 Å². The molecule has 1 rings (SSSR count). The molecule has 0 heterocycles. The van der Waals surface area contributed by atoms with E-state index in [0.717, 1.165) is 0 Å². The summed E-state index contributed by atoms with van der Waals surface area (Å²) in [4.78, 5) is 12.1. The van der Waals surface area contributed by atoms with Crippen LogP contribution < -0.4 is 0 Å². The summed E-state index contributed by atoms with van der Waals surface area (Å²) in [6.07, 6.45) is -3.64.